The van der Waals surface area contributed by atoms with E-state index in [-0.39, 0.29) is 0 Å². The van der Waals surface area contributed by atoms with E-state index in [1.807, 2.05) is 7.05 Å². The molecule has 3 atom stereocenters. The van der Waals surface area contributed by atoms with Crippen molar-refractivity contribution in [3.8, 4) is 0 Å². The molecule has 1 heterocycles. The Hall–Kier alpha value is -0.420. The van der Waals surface area contributed by atoms with Crippen LogP contribution in [0.15, 0.2) is 28.7 Å². The SMILES string of the molecule is CNC(CCN1CC(C)OCC1C)c1ccc(Br)cc1. The summed E-state index contributed by atoms with van der Waals surface area (Å²) in [6, 6.07) is 9.54. The first-order chi connectivity index (χ1) is 9.60. The van der Waals surface area contributed by atoms with E-state index >= 15 is 0 Å². The van der Waals surface area contributed by atoms with Crippen LogP contribution in [0, 0.1) is 0 Å². The molecule has 0 saturated carbocycles. The lowest BCUT2D eigenvalue weighted by Crippen LogP contribution is -2.48. The molecule has 0 amide bonds. The maximum absolute atomic E-state index is 5.69. The smallest absolute Gasteiger partial charge is 0.0674 e. The zero-order valence-electron chi connectivity index (χ0n) is 12.6. The Bertz CT molecular complexity index is 409. The van der Waals surface area contributed by atoms with Crippen LogP contribution >= 0.6 is 15.9 Å². The monoisotopic (exact) mass is 340 g/mol. The average Bonchev–Trinajstić information content (AvgIpc) is 2.45. The number of nitrogens with zero attached hydrogens (tertiary/aromatic N) is 1. The topological polar surface area (TPSA) is 24.5 Å². The van der Waals surface area contributed by atoms with Crippen molar-refractivity contribution in [2.75, 3.05) is 26.7 Å². The molecule has 112 valence electrons. The largest absolute Gasteiger partial charge is 0.376 e. The van der Waals surface area contributed by atoms with E-state index in [4.69, 9.17) is 4.74 Å². The highest BCUT2D eigenvalue weighted by molar-refractivity contribution is 9.10. The van der Waals surface area contributed by atoms with Crippen LogP contribution in [0.5, 0.6) is 0 Å². The van der Waals surface area contributed by atoms with Gasteiger partial charge in [-0.05, 0) is 45.0 Å². The van der Waals surface area contributed by atoms with E-state index in [1.54, 1.807) is 0 Å². The molecule has 2 rings (SSSR count). The molecule has 1 aliphatic heterocycles. The second-order valence-corrected chi connectivity index (χ2v) is 6.59. The van der Waals surface area contributed by atoms with Gasteiger partial charge in [-0.1, -0.05) is 28.1 Å². The molecule has 1 aromatic rings. The Kier molecular flexibility index (Phi) is 6.02. The normalized spacial score (nSPS) is 25.6. The van der Waals surface area contributed by atoms with Crippen LogP contribution in [0.25, 0.3) is 0 Å². The Morgan fingerprint density at radius 1 is 1.35 bits per heavy atom. The van der Waals surface area contributed by atoms with Crippen LogP contribution in [-0.4, -0.2) is 43.8 Å². The number of halogens is 1. The van der Waals surface area contributed by atoms with Crippen molar-refractivity contribution in [3.63, 3.8) is 0 Å². The first-order valence-electron chi connectivity index (χ1n) is 7.38. The van der Waals surface area contributed by atoms with E-state index < -0.39 is 0 Å². The van der Waals surface area contributed by atoms with Gasteiger partial charge in [0.25, 0.3) is 0 Å². The highest BCUT2D eigenvalue weighted by atomic mass is 79.9. The second-order valence-electron chi connectivity index (χ2n) is 5.67. The van der Waals surface area contributed by atoms with E-state index in [0.29, 0.717) is 18.2 Å². The minimum absolute atomic E-state index is 0.354. The molecule has 0 bridgehead atoms. The van der Waals surface area contributed by atoms with Crippen LogP contribution in [0.3, 0.4) is 0 Å². The third-order valence-electron chi connectivity index (χ3n) is 4.06. The summed E-state index contributed by atoms with van der Waals surface area (Å²) in [6.07, 6.45) is 1.47. The van der Waals surface area contributed by atoms with Crippen LogP contribution in [0.4, 0.5) is 0 Å². The fourth-order valence-corrected chi connectivity index (χ4v) is 3.02. The first kappa shape index (κ1) is 16.0. The van der Waals surface area contributed by atoms with E-state index in [9.17, 15) is 0 Å². The molecule has 1 saturated heterocycles. The Morgan fingerprint density at radius 3 is 2.70 bits per heavy atom. The predicted molar refractivity (Wildman–Crippen MR) is 87.0 cm³/mol. The highest BCUT2D eigenvalue weighted by Crippen LogP contribution is 2.21. The third-order valence-corrected chi connectivity index (χ3v) is 4.59. The number of hydrogen-bond acceptors (Lipinski definition) is 3. The molecule has 3 nitrogen and oxygen atoms in total. The van der Waals surface area contributed by atoms with Gasteiger partial charge in [-0.3, -0.25) is 4.90 Å². The van der Waals surface area contributed by atoms with Gasteiger partial charge in [-0.15, -0.1) is 0 Å². The van der Waals surface area contributed by atoms with E-state index in [2.05, 4.69) is 64.3 Å². The molecule has 0 radical (unpaired) electrons. The molecule has 3 unspecified atom stereocenters. The van der Waals surface area contributed by atoms with Crippen LogP contribution in [0.2, 0.25) is 0 Å². The summed E-state index contributed by atoms with van der Waals surface area (Å²) in [7, 11) is 2.04. The number of benzene rings is 1. The molecule has 0 aliphatic carbocycles. The molecule has 1 N–H and O–H groups in total. The molecule has 0 spiro atoms. The van der Waals surface area contributed by atoms with Gasteiger partial charge >= 0.3 is 0 Å². The van der Waals surface area contributed by atoms with Gasteiger partial charge in [0.15, 0.2) is 0 Å². The maximum atomic E-state index is 5.69. The van der Waals surface area contributed by atoms with E-state index in [1.165, 1.54) is 5.56 Å². The minimum Gasteiger partial charge on any atom is -0.376 e. The Morgan fingerprint density at radius 2 is 2.05 bits per heavy atom. The number of ether oxygens (including phenoxy) is 1. The fraction of sp³-hybridized carbons (Fsp3) is 0.625. The molecule has 1 aromatic carbocycles. The first-order valence-corrected chi connectivity index (χ1v) is 8.18. The summed E-state index contributed by atoms with van der Waals surface area (Å²) in [4.78, 5) is 2.54. The van der Waals surface area contributed by atoms with Crippen molar-refractivity contribution >= 4 is 15.9 Å². The average molecular weight is 341 g/mol. The Balaban J connectivity index is 1.91. The fourth-order valence-electron chi connectivity index (χ4n) is 2.75. The Labute approximate surface area is 130 Å². The molecule has 20 heavy (non-hydrogen) atoms. The maximum Gasteiger partial charge on any atom is 0.0674 e. The number of morpholine rings is 1. The molecule has 4 heteroatoms. The van der Waals surface area contributed by atoms with Crippen molar-refractivity contribution in [1.82, 2.24) is 10.2 Å². The molecular formula is C16H25BrN2O. The minimum atomic E-state index is 0.354. The van der Waals surface area contributed by atoms with Crippen molar-refractivity contribution in [2.24, 2.45) is 0 Å². The summed E-state index contributed by atoms with van der Waals surface area (Å²) in [5, 5.41) is 3.43. The third kappa shape index (κ3) is 4.29. The lowest BCUT2D eigenvalue weighted by molar-refractivity contribution is -0.0502. The summed E-state index contributed by atoms with van der Waals surface area (Å²) in [6.45, 7) is 7.40. The highest BCUT2D eigenvalue weighted by Gasteiger charge is 2.23. The molecule has 1 fully saturated rings. The zero-order chi connectivity index (χ0) is 14.5. The molecule has 1 aliphatic rings. The van der Waals surface area contributed by atoms with Gasteiger partial charge in [0.05, 0.1) is 12.7 Å². The van der Waals surface area contributed by atoms with Gasteiger partial charge in [0.2, 0.25) is 0 Å². The molecule has 0 aromatic heterocycles. The van der Waals surface area contributed by atoms with Crippen molar-refractivity contribution in [3.05, 3.63) is 34.3 Å². The second kappa shape index (κ2) is 7.55. The van der Waals surface area contributed by atoms with Gasteiger partial charge in [-0.2, -0.15) is 0 Å². The zero-order valence-corrected chi connectivity index (χ0v) is 14.2. The van der Waals surface area contributed by atoms with Crippen molar-refractivity contribution in [2.45, 2.75) is 38.5 Å². The summed E-state index contributed by atoms with van der Waals surface area (Å²) in [5.41, 5.74) is 1.35. The molecular weight excluding hydrogens is 316 g/mol. The van der Waals surface area contributed by atoms with Gasteiger partial charge in [-0.25, -0.2) is 0 Å². The summed E-state index contributed by atoms with van der Waals surface area (Å²) < 4.78 is 6.82. The van der Waals surface area contributed by atoms with Gasteiger partial charge in [0, 0.05) is 29.6 Å². The summed E-state index contributed by atoms with van der Waals surface area (Å²) in [5.74, 6) is 0. The number of rotatable bonds is 5. The van der Waals surface area contributed by atoms with Crippen LogP contribution in [-0.2, 0) is 4.74 Å². The predicted octanol–water partition coefficient (Wildman–Crippen LogP) is 3.21. The van der Waals surface area contributed by atoms with Crippen molar-refractivity contribution < 1.29 is 4.74 Å². The lowest BCUT2D eigenvalue weighted by atomic mass is 10.0. The number of hydrogen-bond donors (Lipinski definition) is 1. The van der Waals surface area contributed by atoms with Gasteiger partial charge in [0.1, 0.15) is 0 Å². The van der Waals surface area contributed by atoms with E-state index in [0.717, 1.165) is 30.6 Å². The van der Waals surface area contributed by atoms with Crippen molar-refractivity contribution in [1.29, 1.82) is 0 Å². The number of nitrogens with one attached hydrogen (secondary N) is 1. The van der Waals surface area contributed by atoms with Crippen LogP contribution in [0.1, 0.15) is 31.9 Å². The lowest BCUT2D eigenvalue weighted by Gasteiger charge is -2.37. The summed E-state index contributed by atoms with van der Waals surface area (Å²) >= 11 is 3.49. The van der Waals surface area contributed by atoms with Gasteiger partial charge < -0.3 is 10.1 Å². The quantitative estimate of drug-likeness (QED) is 0.890. The van der Waals surface area contributed by atoms with Crippen LogP contribution < -0.4 is 5.32 Å². The standard InChI is InChI=1S/C16H25BrN2O/c1-12-11-20-13(2)10-19(12)9-8-16(18-3)14-4-6-15(17)7-5-14/h4-7,12-13,16,18H,8-11H2,1-3H3.